The molecule has 7 nitrogen and oxygen atoms in total. The van der Waals surface area contributed by atoms with Gasteiger partial charge in [-0.2, -0.15) is 0 Å². The molecule has 7 heteroatoms. The Morgan fingerprint density at radius 1 is 1.11 bits per heavy atom. The van der Waals surface area contributed by atoms with E-state index in [4.69, 9.17) is 4.74 Å². The van der Waals surface area contributed by atoms with Crippen LogP contribution in [0.1, 0.15) is 40.1 Å². The molecule has 3 rings (SSSR count). The van der Waals surface area contributed by atoms with Gasteiger partial charge in [0.1, 0.15) is 11.8 Å². The number of ether oxygens (including phenoxy) is 1. The third-order valence-corrected chi connectivity index (χ3v) is 4.65. The monoisotopic (exact) mass is 381 g/mol. The molecule has 0 radical (unpaired) electrons. The lowest BCUT2D eigenvalue weighted by Crippen LogP contribution is -2.47. The first-order valence-electron chi connectivity index (χ1n) is 9.06. The molecule has 1 unspecified atom stereocenters. The number of rotatable bonds is 6. The van der Waals surface area contributed by atoms with Gasteiger partial charge in [0.2, 0.25) is 5.91 Å². The molecule has 0 aliphatic carbocycles. The van der Waals surface area contributed by atoms with Gasteiger partial charge in [0.15, 0.2) is 0 Å². The van der Waals surface area contributed by atoms with E-state index in [-0.39, 0.29) is 23.6 Å². The summed E-state index contributed by atoms with van der Waals surface area (Å²) >= 11 is 0. The molecule has 2 aromatic carbocycles. The molecule has 1 heterocycles. The number of carbonyl (C=O) groups excluding carboxylic acids is 3. The maximum Gasteiger partial charge on any atom is 0.251 e. The minimum atomic E-state index is -0.725. The molecule has 0 bridgehead atoms. The zero-order chi connectivity index (χ0) is 20.3. The number of hydrogen-bond acceptors (Lipinski definition) is 4. The van der Waals surface area contributed by atoms with E-state index in [1.807, 2.05) is 19.9 Å². The Morgan fingerprint density at radius 3 is 2.46 bits per heavy atom. The summed E-state index contributed by atoms with van der Waals surface area (Å²) in [7, 11) is 1.55. The lowest BCUT2D eigenvalue weighted by molar-refractivity contribution is -0.118. The highest BCUT2D eigenvalue weighted by Crippen LogP contribution is 2.21. The third kappa shape index (κ3) is 4.14. The molecular formula is C21H23N3O4. The number of anilines is 1. The van der Waals surface area contributed by atoms with Gasteiger partial charge in [0.25, 0.3) is 11.8 Å². The maximum absolute atomic E-state index is 12.8. The van der Waals surface area contributed by atoms with E-state index in [2.05, 4.69) is 16.0 Å². The van der Waals surface area contributed by atoms with Crippen molar-refractivity contribution >= 4 is 23.4 Å². The van der Waals surface area contributed by atoms with Gasteiger partial charge in [-0.05, 0) is 47.9 Å². The first-order valence-corrected chi connectivity index (χ1v) is 9.06. The molecule has 1 aliphatic heterocycles. The molecule has 0 aromatic heterocycles. The predicted molar refractivity (Wildman–Crippen MR) is 105 cm³/mol. The van der Waals surface area contributed by atoms with Crippen molar-refractivity contribution in [2.75, 3.05) is 12.4 Å². The summed E-state index contributed by atoms with van der Waals surface area (Å²) in [4.78, 5) is 37.1. The highest BCUT2D eigenvalue weighted by molar-refractivity contribution is 6.03. The number of benzene rings is 2. The number of amides is 3. The Kier molecular flexibility index (Phi) is 5.63. The largest absolute Gasteiger partial charge is 0.497 e. The van der Waals surface area contributed by atoms with Gasteiger partial charge in [-0.15, -0.1) is 0 Å². The second kappa shape index (κ2) is 8.12. The predicted octanol–water partition coefficient (Wildman–Crippen LogP) is 2.33. The SMILES string of the molecule is COc1ccc(C(=O)NC(C(=O)Nc2ccc3c(c2)C(=O)NC3)C(C)C)cc1. The summed E-state index contributed by atoms with van der Waals surface area (Å²) in [6, 6.07) is 11.1. The van der Waals surface area contributed by atoms with Crippen LogP contribution in [-0.2, 0) is 11.3 Å². The van der Waals surface area contributed by atoms with Crippen molar-refractivity contribution in [1.29, 1.82) is 0 Å². The molecule has 146 valence electrons. The zero-order valence-electron chi connectivity index (χ0n) is 16.0. The fraction of sp³-hybridized carbons (Fsp3) is 0.286. The van der Waals surface area contributed by atoms with Gasteiger partial charge in [-0.1, -0.05) is 19.9 Å². The molecule has 1 atom stereocenters. The van der Waals surface area contributed by atoms with Crippen molar-refractivity contribution in [3.05, 3.63) is 59.2 Å². The van der Waals surface area contributed by atoms with Crippen LogP contribution >= 0.6 is 0 Å². The van der Waals surface area contributed by atoms with E-state index in [1.165, 1.54) is 0 Å². The average molecular weight is 381 g/mol. The van der Waals surface area contributed by atoms with Crippen LogP contribution < -0.4 is 20.7 Å². The number of methoxy groups -OCH3 is 1. The molecular weight excluding hydrogens is 358 g/mol. The number of hydrogen-bond donors (Lipinski definition) is 3. The van der Waals surface area contributed by atoms with Gasteiger partial charge < -0.3 is 20.7 Å². The molecule has 0 saturated heterocycles. The molecule has 0 spiro atoms. The lowest BCUT2D eigenvalue weighted by atomic mass is 10.0. The van der Waals surface area contributed by atoms with Crippen LogP contribution in [0.25, 0.3) is 0 Å². The van der Waals surface area contributed by atoms with E-state index in [0.29, 0.717) is 29.1 Å². The molecule has 3 N–H and O–H groups in total. The average Bonchev–Trinajstić information content (AvgIpc) is 3.06. The van der Waals surface area contributed by atoms with E-state index < -0.39 is 6.04 Å². The van der Waals surface area contributed by atoms with Crippen molar-refractivity contribution in [2.24, 2.45) is 5.92 Å². The van der Waals surface area contributed by atoms with E-state index in [0.717, 1.165) is 5.56 Å². The Bertz CT molecular complexity index is 906. The lowest BCUT2D eigenvalue weighted by Gasteiger charge is -2.22. The molecule has 0 saturated carbocycles. The van der Waals surface area contributed by atoms with Gasteiger partial charge >= 0.3 is 0 Å². The number of fused-ring (bicyclic) bond motifs is 1. The fourth-order valence-electron chi connectivity index (χ4n) is 3.01. The summed E-state index contributed by atoms with van der Waals surface area (Å²) in [6.07, 6.45) is 0. The highest BCUT2D eigenvalue weighted by atomic mass is 16.5. The van der Waals surface area contributed by atoms with Gasteiger partial charge in [0.05, 0.1) is 7.11 Å². The van der Waals surface area contributed by atoms with Crippen molar-refractivity contribution < 1.29 is 19.1 Å². The van der Waals surface area contributed by atoms with Crippen molar-refractivity contribution in [2.45, 2.75) is 26.4 Å². The third-order valence-electron chi connectivity index (χ3n) is 4.65. The van der Waals surface area contributed by atoms with Crippen LogP contribution in [0.4, 0.5) is 5.69 Å². The molecule has 1 aliphatic rings. The van der Waals surface area contributed by atoms with Gasteiger partial charge in [-0.3, -0.25) is 14.4 Å². The standard InChI is InChI=1S/C21H23N3O4/c1-12(2)18(24-19(25)13-5-8-16(28-3)9-6-13)21(27)23-15-7-4-14-11-22-20(26)17(14)10-15/h4-10,12,18H,11H2,1-3H3,(H,22,26)(H,23,27)(H,24,25). The summed E-state index contributed by atoms with van der Waals surface area (Å²) in [6.45, 7) is 4.21. The van der Waals surface area contributed by atoms with Gasteiger partial charge in [-0.25, -0.2) is 0 Å². The highest BCUT2D eigenvalue weighted by Gasteiger charge is 2.26. The Labute approximate surface area is 163 Å². The molecule has 2 aromatic rings. The Morgan fingerprint density at radius 2 is 1.82 bits per heavy atom. The summed E-state index contributed by atoms with van der Waals surface area (Å²) in [5.74, 6) is -0.311. The fourth-order valence-corrected chi connectivity index (χ4v) is 3.01. The second-order valence-electron chi connectivity index (χ2n) is 6.97. The smallest absolute Gasteiger partial charge is 0.251 e. The summed E-state index contributed by atoms with van der Waals surface area (Å²) in [5, 5.41) is 8.32. The molecule has 3 amide bonds. The normalized spacial score (nSPS) is 13.5. The van der Waals surface area contributed by atoms with E-state index in [1.54, 1.807) is 43.5 Å². The van der Waals surface area contributed by atoms with Gasteiger partial charge in [0, 0.05) is 23.4 Å². The molecule has 0 fully saturated rings. The molecule has 28 heavy (non-hydrogen) atoms. The van der Waals surface area contributed by atoms with Crippen LogP contribution in [0.15, 0.2) is 42.5 Å². The topological polar surface area (TPSA) is 96.5 Å². The quantitative estimate of drug-likeness (QED) is 0.715. The number of nitrogens with one attached hydrogen (secondary N) is 3. The van der Waals surface area contributed by atoms with Crippen molar-refractivity contribution in [1.82, 2.24) is 10.6 Å². The van der Waals surface area contributed by atoms with Crippen LogP contribution in [0.3, 0.4) is 0 Å². The number of carbonyl (C=O) groups is 3. The first-order chi connectivity index (χ1) is 13.4. The minimum Gasteiger partial charge on any atom is -0.497 e. The van der Waals surface area contributed by atoms with Crippen LogP contribution in [0.2, 0.25) is 0 Å². The minimum absolute atomic E-state index is 0.125. The van der Waals surface area contributed by atoms with Crippen LogP contribution in [-0.4, -0.2) is 30.9 Å². The maximum atomic E-state index is 12.8. The van der Waals surface area contributed by atoms with Crippen LogP contribution in [0, 0.1) is 5.92 Å². The summed E-state index contributed by atoms with van der Waals surface area (Å²) in [5.41, 5.74) is 2.41. The van der Waals surface area contributed by atoms with Crippen molar-refractivity contribution in [3.8, 4) is 5.75 Å². The van der Waals surface area contributed by atoms with E-state index in [9.17, 15) is 14.4 Å². The Balaban J connectivity index is 1.71. The Hall–Kier alpha value is -3.35. The zero-order valence-corrected chi connectivity index (χ0v) is 16.0. The van der Waals surface area contributed by atoms with Crippen LogP contribution in [0.5, 0.6) is 5.75 Å². The van der Waals surface area contributed by atoms with E-state index >= 15 is 0 Å². The second-order valence-corrected chi connectivity index (χ2v) is 6.97. The van der Waals surface area contributed by atoms with Crippen molar-refractivity contribution in [3.63, 3.8) is 0 Å². The first kappa shape index (κ1) is 19.4. The summed E-state index contributed by atoms with van der Waals surface area (Å²) < 4.78 is 5.09.